The summed E-state index contributed by atoms with van der Waals surface area (Å²) in [6.45, 7) is 5.91. The number of methoxy groups -OCH3 is 1. The van der Waals surface area contributed by atoms with Crippen LogP contribution >= 0.6 is 0 Å². The summed E-state index contributed by atoms with van der Waals surface area (Å²) in [5.41, 5.74) is 0. The number of hydrogen-bond acceptors (Lipinski definition) is 4. The second-order valence-corrected chi connectivity index (χ2v) is 5.06. The van der Waals surface area contributed by atoms with Crippen molar-refractivity contribution in [1.29, 1.82) is 0 Å². The summed E-state index contributed by atoms with van der Waals surface area (Å²) in [6.07, 6.45) is 3.56. The minimum atomic E-state index is 0.238. The van der Waals surface area contributed by atoms with E-state index in [1.165, 1.54) is 0 Å². The highest BCUT2D eigenvalue weighted by Gasteiger charge is 2.14. The first-order valence-electron chi connectivity index (χ1n) is 7.41. The van der Waals surface area contributed by atoms with Gasteiger partial charge in [-0.05, 0) is 26.2 Å². The fourth-order valence-electron chi connectivity index (χ4n) is 2.09. The lowest BCUT2D eigenvalue weighted by atomic mass is 10.2. The number of nitrogens with zero attached hydrogens (tertiary/aromatic N) is 1. The van der Waals surface area contributed by atoms with E-state index >= 15 is 0 Å². The summed E-state index contributed by atoms with van der Waals surface area (Å²) in [6, 6.07) is 0.238. The second-order valence-electron chi connectivity index (χ2n) is 5.06. The van der Waals surface area contributed by atoms with Crippen LogP contribution in [0.25, 0.3) is 0 Å². The molecule has 1 aliphatic rings. The van der Waals surface area contributed by atoms with Gasteiger partial charge in [-0.3, -0.25) is 4.99 Å². The van der Waals surface area contributed by atoms with Gasteiger partial charge in [0.25, 0.3) is 0 Å². The Kier molecular flexibility index (Phi) is 9.36. The Hall–Kier alpha value is -0.850. The van der Waals surface area contributed by atoms with E-state index in [1.807, 2.05) is 0 Å². The van der Waals surface area contributed by atoms with Gasteiger partial charge in [-0.15, -0.1) is 0 Å². The molecule has 2 unspecified atom stereocenters. The van der Waals surface area contributed by atoms with Gasteiger partial charge in [0.15, 0.2) is 5.96 Å². The average molecular weight is 287 g/mol. The molecule has 0 aromatic heterocycles. The Balaban J connectivity index is 1.98. The van der Waals surface area contributed by atoms with Crippen LogP contribution < -0.4 is 10.6 Å². The van der Waals surface area contributed by atoms with Gasteiger partial charge >= 0.3 is 0 Å². The van der Waals surface area contributed by atoms with Crippen molar-refractivity contribution in [3.05, 3.63) is 0 Å². The molecule has 1 aliphatic heterocycles. The maximum absolute atomic E-state index is 5.61. The van der Waals surface area contributed by atoms with Crippen LogP contribution in [0.3, 0.4) is 0 Å². The van der Waals surface area contributed by atoms with E-state index in [0.29, 0.717) is 12.7 Å². The molecule has 6 nitrogen and oxygen atoms in total. The van der Waals surface area contributed by atoms with Crippen molar-refractivity contribution in [3.63, 3.8) is 0 Å². The molecule has 1 saturated heterocycles. The Morgan fingerprint density at radius 3 is 3.00 bits per heavy atom. The molecule has 0 spiro atoms. The largest absolute Gasteiger partial charge is 0.383 e. The smallest absolute Gasteiger partial charge is 0.191 e. The summed E-state index contributed by atoms with van der Waals surface area (Å²) in [5.74, 6) is 0.800. The van der Waals surface area contributed by atoms with Gasteiger partial charge in [-0.1, -0.05) is 0 Å². The molecule has 6 heteroatoms. The SMILES string of the molecule is CN=C(NCCCOCC1CCCO1)NC(C)COC. The molecule has 0 bridgehead atoms. The Morgan fingerprint density at radius 2 is 2.35 bits per heavy atom. The summed E-state index contributed by atoms with van der Waals surface area (Å²) in [7, 11) is 3.46. The first-order valence-corrected chi connectivity index (χ1v) is 7.41. The number of guanidine groups is 1. The van der Waals surface area contributed by atoms with Crippen LogP contribution in [0.5, 0.6) is 0 Å². The molecule has 0 aromatic carbocycles. The highest BCUT2D eigenvalue weighted by molar-refractivity contribution is 5.79. The fraction of sp³-hybridized carbons (Fsp3) is 0.929. The molecule has 0 amide bonds. The van der Waals surface area contributed by atoms with Crippen LogP contribution in [0.4, 0.5) is 0 Å². The number of nitrogens with one attached hydrogen (secondary N) is 2. The van der Waals surface area contributed by atoms with E-state index in [0.717, 1.165) is 51.6 Å². The molecular weight excluding hydrogens is 258 g/mol. The standard InChI is InChI=1S/C14H29N3O3/c1-12(10-18-3)17-14(15-2)16-7-5-8-19-11-13-6-4-9-20-13/h12-13H,4-11H2,1-3H3,(H2,15,16,17). The maximum atomic E-state index is 5.61. The average Bonchev–Trinajstić information content (AvgIpc) is 2.94. The third kappa shape index (κ3) is 7.67. The Labute approximate surface area is 122 Å². The zero-order valence-electron chi connectivity index (χ0n) is 13.0. The van der Waals surface area contributed by atoms with Gasteiger partial charge in [0.2, 0.25) is 0 Å². The fourth-order valence-corrected chi connectivity index (χ4v) is 2.09. The molecule has 1 fully saturated rings. The van der Waals surface area contributed by atoms with Gasteiger partial charge in [-0.25, -0.2) is 0 Å². The lowest BCUT2D eigenvalue weighted by Crippen LogP contribution is -2.44. The molecule has 0 saturated carbocycles. The van der Waals surface area contributed by atoms with Crippen LogP contribution in [0, 0.1) is 0 Å². The molecule has 1 heterocycles. The minimum Gasteiger partial charge on any atom is -0.383 e. The topological polar surface area (TPSA) is 64.1 Å². The molecule has 0 radical (unpaired) electrons. The lowest BCUT2D eigenvalue weighted by Gasteiger charge is -2.17. The van der Waals surface area contributed by atoms with Crippen LogP contribution in [-0.4, -0.2) is 65.2 Å². The van der Waals surface area contributed by atoms with E-state index in [1.54, 1.807) is 14.2 Å². The zero-order chi connectivity index (χ0) is 14.6. The third-order valence-corrected chi connectivity index (χ3v) is 3.11. The zero-order valence-corrected chi connectivity index (χ0v) is 13.0. The van der Waals surface area contributed by atoms with Crippen LogP contribution in [0.15, 0.2) is 4.99 Å². The van der Waals surface area contributed by atoms with E-state index in [-0.39, 0.29) is 6.04 Å². The molecule has 0 aromatic rings. The van der Waals surface area contributed by atoms with Gasteiger partial charge in [0.1, 0.15) is 0 Å². The van der Waals surface area contributed by atoms with Crippen molar-refractivity contribution in [2.75, 3.05) is 47.1 Å². The Bertz CT molecular complexity index is 268. The van der Waals surface area contributed by atoms with E-state index < -0.39 is 0 Å². The number of aliphatic imine (C=N–C) groups is 1. The maximum Gasteiger partial charge on any atom is 0.191 e. The van der Waals surface area contributed by atoms with Gasteiger partial charge in [0.05, 0.1) is 19.3 Å². The molecule has 0 aliphatic carbocycles. The highest BCUT2D eigenvalue weighted by Crippen LogP contribution is 2.11. The Morgan fingerprint density at radius 1 is 1.50 bits per heavy atom. The molecule has 2 N–H and O–H groups in total. The number of rotatable bonds is 9. The summed E-state index contributed by atoms with van der Waals surface area (Å²) < 4.78 is 16.2. The van der Waals surface area contributed by atoms with Crippen LogP contribution in [0.2, 0.25) is 0 Å². The highest BCUT2D eigenvalue weighted by atomic mass is 16.5. The number of ether oxygens (including phenoxy) is 3. The molecule has 118 valence electrons. The van der Waals surface area contributed by atoms with E-state index in [2.05, 4.69) is 22.5 Å². The molecule has 2 atom stereocenters. The normalized spacial score (nSPS) is 20.9. The van der Waals surface area contributed by atoms with Crippen molar-refractivity contribution in [1.82, 2.24) is 10.6 Å². The van der Waals surface area contributed by atoms with Gasteiger partial charge in [0, 0.05) is 40.0 Å². The number of hydrogen-bond donors (Lipinski definition) is 2. The lowest BCUT2D eigenvalue weighted by molar-refractivity contribution is 0.0168. The van der Waals surface area contributed by atoms with Crippen molar-refractivity contribution < 1.29 is 14.2 Å². The predicted octanol–water partition coefficient (Wildman–Crippen LogP) is 0.772. The monoisotopic (exact) mass is 287 g/mol. The minimum absolute atomic E-state index is 0.238. The second kappa shape index (κ2) is 10.9. The van der Waals surface area contributed by atoms with Crippen molar-refractivity contribution in [2.45, 2.75) is 38.3 Å². The molecular formula is C14H29N3O3. The summed E-state index contributed by atoms with van der Waals surface area (Å²) in [4.78, 5) is 4.17. The van der Waals surface area contributed by atoms with Crippen LogP contribution in [-0.2, 0) is 14.2 Å². The van der Waals surface area contributed by atoms with Crippen LogP contribution in [0.1, 0.15) is 26.2 Å². The van der Waals surface area contributed by atoms with Gasteiger partial charge in [-0.2, -0.15) is 0 Å². The van der Waals surface area contributed by atoms with Crippen molar-refractivity contribution in [3.8, 4) is 0 Å². The first kappa shape index (κ1) is 17.2. The van der Waals surface area contributed by atoms with E-state index in [4.69, 9.17) is 14.2 Å². The molecule has 20 heavy (non-hydrogen) atoms. The first-order chi connectivity index (χ1) is 9.76. The molecule has 1 rings (SSSR count). The van der Waals surface area contributed by atoms with Crippen molar-refractivity contribution in [2.24, 2.45) is 4.99 Å². The quantitative estimate of drug-likeness (QED) is 0.373. The predicted molar refractivity (Wildman–Crippen MR) is 80.2 cm³/mol. The van der Waals surface area contributed by atoms with Gasteiger partial charge < -0.3 is 24.8 Å². The third-order valence-electron chi connectivity index (χ3n) is 3.11. The summed E-state index contributed by atoms with van der Waals surface area (Å²) >= 11 is 0. The summed E-state index contributed by atoms with van der Waals surface area (Å²) in [5, 5.41) is 6.52. The van der Waals surface area contributed by atoms with E-state index in [9.17, 15) is 0 Å². The van der Waals surface area contributed by atoms with Crippen molar-refractivity contribution >= 4 is 5.96 Å².